The summed E-state index contributed by atoms with van der Waals surface area (Å²) in [5, 5.41) is 31.6. The van der Waals surface area contributed by atoms with Gasteiger partial charge >= 0.3 is 23.9 Å². The van der Waals surface area contributed by atoms with Gasteiger partial charge in [0.15, 0.2) is 24.6 Å². The van der Waals surface area contributed by atoms with Crippen molar-refractivity contribution in [2.24, 2.45) is 0 Å². The largest absolute Gasteiger partial charge is 0.479 e. The lowest BCUT2D eigenvalue weighted by atomic mass is 9.98. The number of allylic oxidation sites excluding steroid dienone is 16. The van der Waals surface area contributed by atoms with Crippen LogP contribution in [0.5, 0.6) is 0 Å². The van der Waals surface area contributed by atoms with Crippen molar-refractivity contribution in [3.05, 3.63) is 97.2 Å². The van der Waals surface area contributed by atoms with Gasteiger partial charge in [0.25, 0.3) is 0 Å². The van der Waals surface area contributed by atoms with E-state index in [1.165, 1.54) is 57.8 Å². The number of carbonyl (C=O) groups is 4. The third kappa shape index (κ3) is 45.8. The lowest BCUT2D eigenvalue weighted by Gasteiger charge is -2.40. The van der Waals surface area contributed by atoms with Crippen LogP contribution in [-0.4, -0.2) is 89.2 Å². The van der Waals surface area contributed by atoms with Crippen molar-refractivity contribution >= 4 is 23.9 Å². The van der Waals surface area contributed by atoms with Gasteiger partial charge in [-0.2, -0.15) is 0 Å². The fourth-order valence-corrected chi connectivity index (χ4v) is 9.18. The van der Waals surface area contributed by atoms with Crippen molar-refractivity contribution in [3.8, 4) is 0 Å². The summed E-state index contributed by atoms with van der Waals surface area (Å²) in [6, 6.07) is 0. The van der Waals surface area contributed by atoms with Crippen molar-refractivity contribution in [1.29, 1.82) is 0 Å². The van der Waals surface area contributed by atoms with Gasteiger partial charge in [0.05, 0.1) is 6.61 Å². The van der Waals surface area contributed by atoms with Gasteiger partial charge in [-0.1, -0.05) is 221 Å². The number of aliphatic hydroxyl groups excluding tert-OH is 2. The van der Waals surface area contributed by atoms with Crippen LogP contribution in [0.15, 0.2) is 97.2 Å². The van der Waals surface area contributed by atoms with E-state index in [0.29, 0.717) is 19.3 Å². The molecule has 1 rings (SSSR count). The summed E-state index contributed by atoms with van der Waals surface area (Å²) in [4.78, 5) is 51.3. The van der Waals surface area contributed by atoms with Crippen molar-refractivity contribution in [2.75, 3.05) is 13.2 Å². The molecule has 1 fully saturated rings. The molecule has 6 unspecified atom stereocenters. The minimum absolute atomic E-state index is 0.0438. The van der Waals surface area contributed by atoms with Crippen LogP contribution in [0.25, 0.3) is 0 Å². The SMILES string of the molecule is CC/C=C\C/C=C\C/C=C\C/C=C\C/C=C\CCCCCC(=O)OCC(COC1OC(C(=O)O)C(O)C(O)C1OC(=O)CCCCCCCCC/C=C\C/C=C\CCCCC)OC(=O)CCCCCCC/C=C\CCCCCCCC. The van der Waals surface area contributed by atoms with Crippen molar-refractivity contribution in [1.82, 2.24) is 0 Å². The molecule has 0 aliphatic carbocycles. The van der Waals surface area contributed by atoms with E-state index in [-0.39, 0.29) is 25.9 Å². The van der Waals surface area contributed by atoms with E-state index >= 15 is 0 Å². The van der Waals surface area contributed by atoms with E-state index in [1.807, 2.05) is 0 Å². The number of rotatable bonds is 54. The highest BCUT2D eigenvalue weighted by molar-refractivity contribution is 5.74. The smallest absolute Gasteiger partial charge is 0.335 e. The Morgan fingerprint density at radius 3 is 1.23 bits per heavy atom. The first-order valence-corrected chi connectivity index (χ1v) is 32.2. The zero-order valence-electron chi connectivity index (χ0n) is 51.0. The molecule has 1 aliphatic heterocycles. The predicted octanol–water partition coefficient (Wildman–Crippen LogP) is 17.2. The standard InChI is InChI=1S/C69H114O12/c1-4-7-10-13-16-19-22-25-28-30-31-33-35-37-40-43-46-49-52-55-61(70)77-58-60(79-62(71)56-53-50-47-44-41-38-34-27-24-21-18-15-12-9-6-3)59-78-69-67(65(74)64(73)66(81-69)68(75)76)80-63(72)57-54-51-48-45-42-39-36-32-29-26-23-20-17-14-11-8-5-2/h7,10,16-17,19-20,25-29,31,33-34,37,40,60,64-67,69,73-74H,4-6,8-9,11-15,18,21-24,30,32,35-36,38-39,41-59H2,1-3H3,(H,75,76)/b10-7-,19-16-,20-17-,28-25-,29-26-,33-31-,34-27-,40-37-. The second-order valence-electron chi connectivity index (χ2n) is 21.7. The fraction of sp³-hybridized carbons (Fsp3) is 0.710. The van der Waals surface area contributed by atoms with Gasteiger partial charge in [0.1, 0.15) is 18.8 Å². The molecule has 0 saturated carbocycles. The summed E-state index contributed by atoms with van der Waals surface area (Å²) in [5.74, 6) is -3.18. The Hall–Kier alpha value is -4.36. The molecule has 0 aromatic rings. The van der Waals surface area contributed by atoms with Crippen LogP contribution in [0.1, 0.15) is 265 Å². The van der Waals surface area contributed by atoms with Crippen LogP contribution in [0, 0.1) is 0 Å². The van der Waals surface area contributed by atoms with E-state index in [2.05, 4.69) is 118 Å². The Morgan fingerprint density at radius 1 is 0.420 bits per heavy atom. The number of esters is 3. The summed E-state index contributed by atoms with van der Waals surface area (Å²) < 4.78 is 28.5. The molecule has 1 aliphatic rings. The molecule has 0 aromatic heterocycles. The second-order valence-corrected chi connectivity index (χ2v) is 21.7. The highest BCUT2D eigenvalue weighted by Crippen LogP contribution is 2.26. The fourth-order valence-electron chi connectivity index (χ4n) is 9.18. The minimum Gasteiger partial charge on any atom is -0.479 e. The van der Waals surface area contributed by atoms with Crippen LogP contribution in [0.3, 0.4) is 0 Å². The Morgan fingerprint density at radius 2 is 0.778 bits per heavy atom. The van der Waals surface area contributed by atoms with E-state index < -0.39 is 67.3 Å². The van der Waals surface area contributed by atoms with Gasteiger partial charge in [-0.15, -0.1) is 0 Å². The number of carboxylic acid groups (broad SMARTS) is 1. The Bertz CT molecular complexity index is 1780. The molecule has 0 radical (unpaired) electrons. The molecule has 6 atom stereocenters. The molecule has 12 heteroatoms. The second kappa shape index (κ2) is 56.1. The molecule has 1 saturated heterocycles. The Kier molecular flexibility index (Phi) is 51.7. The summed E-state index contributed by atoms with van der Waals surface area (Å²) in [5.41, 5.74) is 0. The molecule has 3 N–H and O–H groups in total. The zero-order chi connectivity index (χ0) is 58.9. The number of aliphatic carboxylic acids is 1. The first kappa shape index (κ1) is 74.7. The highest BCUT2D eigenvalue weighted by atomic mass is 16.7. The topological polar surface area (TPSA) is 175 Å². The Balaban J connectivity index is 2.70. The average molecular weight is 1140 g/mol. The van der Waals surface area contributed by atoms with Gasteiger partial charge in [-0.05, 0) is 122 Å². The monoisotopic (exact) mass is 1130 g/mol. The number of hydrogen-bond acceptors (Lipinski definition) is 11. The van der Waals surface area contributed by atoms with E-state index in [1.54, 1.807) is 0 Å². The first-order valence-electron chi connectivity index (χ1n) is 32.2. The minimum atomic E-state index is -1.92. The molecule has 0 bridgehead atoms. The van der Waals surface area contributed by atoms with Crippen LogP contribution >= 0.6 is 0 Å². The molecule has 1 heterocycles. The molecular weight excluding hydrogens is 1020 g/mol. The third-order valence-corrected chi connectivity index (χ3v) is 14.1. The Labute approximate surface area is 492 Å². The average Bonchev–Trinajstić information content (AvgIpc) is 3.53. The van der Waals surface area contributed by atoms with Gasteiger partial charge < -0.3 is 39.0 Å². The molecule has 81 heavy (non-hydrogen) atoms. The van der Waals surface area contributed by atoms with Gasteiger partial charge in [0.2, 0.25) is 0 Å². The quantitative estimate of drug-likeness (QED) is 0.0228. The number of aliphatic hydroxyl groups is 2. The lowest BCUT2D eigenvalue weighted by molar-refractivity contribution is -0.301. The predicted molar refractivity (Wildman–Crippen MR) is 331 cm³/mol. The normalized spacial score (nSPS) is 18.4. The lowest BCUT2D eigenvalue weighted by Crippen LogP contribution is -2.61. The van der Waals surface area contributed by atoms with Crippen molar-refractivity contribution in [3.63, 3.8) is 0 Å². The van der Waals surface area contributed by atoms with Crippen molar-refractivity contribution in [2.45, 2.75) is 302 Å². The van der Waals surface area contributed by atoms with Gasteiger partial charge in [-0.3, -0.25) is 14.4 Å². The number of unbranched alkanes of at least 4 members (excludes halogenated alkanes) is 24. The van der Waals surface area contributed by atoms with Crippen LogP contribution in [0.2, 0.25) is 0 Å². The molecule has 12 nitrogen and oxygen atoms in total. The van der Waals surface area contributed by atoms with Crippen LogP contribution in [0.4, 0.5) is 0 Å². The molecule has 0 aromatic carbocycles. The van der Waals surface area contributed by atoms with Crippen LogP contribution < -0.4 is 0 Å². The molecule has 0 amide bonds. The molecule has 462 valence electrons. The van der Waals surface area contributed by atoms with Crippen LogP contribution in [-0.2, 0) is 42.9 Å². The van der Waals surface area contributed by atoms with E-state index in [0.717, 1.165) is 148 Å². The molecular formula is C69H114O12. The summed E-state index contributed by atoms with van der Waals surface area (Å²) in [7, 11) is 0. The maximum atomic E-state index is 13.2. The third-order valence-electron chi connectivity index (χ3n) is 14.1. The zero-order valence-corrected chi connectivity index (χ0v) is 51.0. The van der Waals surface area contributed by atoms with E-state index in [9.17, 15) is 34.5 Å². The maximum Gasteiger partial charge on any atom is 0.335 e. The summed E-state index contributed by atoms with van der Waals surface area (Å²) in [6.07, 6.45) is 62.2. The number of carboxylic acids is 1. The van der Waals surface area contributed by atoms with E-state index in [4.69, 9.17) is 23.7 Å². The van der Waals surface area contributed by atoms with Crippen molar-refractivity contribution < 1.29 is 58.2 Å². The first-order chi connectivity index (χ1) is 39.6. The maximum absolute atomic E-state index is 13.2. The number of hydrogen-bond donors (Lipinski definition) is 3. The van der Waals surface area contributed by atoms with Gasteiger partial charge in [0, 0.05) is 19.3 Å². The highest BCUT2D eigenvalue weighted by Gasteiger charge is 2.50. The number of carbonyl (C=O) groups excluding carboxylic acids is 3. The van der Waals surface area contributed by atoms with Gasteiger partial charge in [-0.25, -0.2) is 4.79 Å². The summed E-state index contributed by atoms with van der Waals surface area (Å²) in [6.45, 7) is 5.83. The summed E-state index contributed by atoms with van der Waals surface area (Å²) >= 11 is 0. The number of ether oxygens (including phenoxy) is 5. The molecule has 0 spiro atoms.